The van der Waals surface area contributed by atoms with E-state index < -0.39 is 0 Å². The minimum absolute atomic E-state index is 0.175. The van der Waals surface area contributed by atoms with Gasteiger partial charge in [0, 0.05) is 18.3 Å². The average Bonchev–Trinajstić information content (AvgIpc) is 2.32. The summed E-state index contributed by atoms with van der Waals surface area (Å²) in [6.07, 6.45) is 5.73. The number of nitrogens with one attached hydrogen (secondary N) is 3. The van der Waals surface area contributed by atoms with E-state index in [-0.39, 0.29) is 17.5 Å². The molecule has 0 aliphatic carbocycles. The molecule has 0 atom stereocenters. The first kappa shape index (κ1) is 15.2. The Hall–Kier alpha value is -1.85. The molecule has 0 aliphatic heterocycles. The van der Waals surface area contributed by atoms with Crippen molar-refractivity contribution in [3.05, 3.63) is 22.1 Å². The largest absolute Gasteiger partial charge is 0.338 e. The van der Waals surface area contributed by atoms with Gasteiger partial charge in [-0.1, -0.05) is 32.6 Å². The highest BCUT2D eigenvalue weighted by Crippen LogP contribution is 2.01. The molecule has 3 N–H and O–H groups in total. The van der Waals surface area contributed by atoms with Gasteiger partial charge in [0.25, 0.3) is 5.56 Å². The lowest BCUT2D eigenvalue weighted by Crippen LogP contribution is -2.31. The fraction of sp³-hybridized carbons (Fsp3) is 0.615. The Labute approximate surface area is 113 Å². The molecule has 6 heteroatoms. The first-order chi connectivity index (χ1) is 9.11. The quantitative estimate of drug-likeness (QED) is 0.661. The van der Waals surface area contributed by atoms with Crippen LogP contribution in [0.25, 0.3) is 0 Å². The molecule has 0 bridgehead atoms. The van der Waals surface area contributed by atoms with E-state index in [1.54, 1.807) is 6.92 Å². The zero-order valence-corrected chi connectivity index (χ0v) is 11.6. The van der Waals surface area contributed by atoms with E-state index in [2.05, 4.69) is 27.5 Å². The molecular formula is C13H22N4O2. The van der Waals surface area contributed by atoms with Crippen molar-refractivity contribution in [2.75, 3.05) is 11.9 Å². The smallest absolute Gasteiger partial charge is 0.321 e. The number of aryl methyl sites for hydroxylation is 1. The molecule has 1 heterocycles. The molecule has 1 aromatic rings. The molecule has 6 nitrogen and oxygen atoms in total. The lowest BCUT2D eigenvalue weighted by atomic mass is 10.1. The van der Waals surface area contributed by atoms with Crippen molar-refractivity contribution in [2.24, 2.45) is 0 Å². The molecule has 0 fully saturated rings. The molecule has 19 heavy (non-hydrogen) atoms. The van der Waals surface area contributed by atoms with E-state index in [0.29, 0.717) is 12.2 Å². The Morgan fingerprint density at radius 2 is 2.05 bits per heavy atom. The van der Waals surface area contributed by atoms with Crippen LogP contribution in [0.4, 0.5) is 10.7 Å². The highest BCUT2D eigenvalue weighted by Gasteiger charge is 2.03. The van der Waals surface area contributed by atoms with Crippen molar-refractivity contribution in [2.45, 2.75) is 46.0 Å². The van der Waals surface area contributed by atoms with E-state index in [0.717, 1.165) is 12.8 Å². The third-order valence-electron chi connectivity index (χ3n) is 2.68. The van der Waals surface area contributed by atoms with Gasteiger partial charge in [-0.25, -0.2) is 4.79 Å². The number of anilines is 1. The normalized spacial score (nSPS) is 10.2. The molecule has 106 valence electrons. The van der Waals surface area contributed by atoms with Gasteiger partial charge in [-0.05, 0) is 13.3 Å². The van der Waals surface area contributed by atoms with Gasteiger partial charge in [-0.2, -0.15) is 4.98 Å². The van der Waals surface area contributed by atoms with E-state index in [9.17, 15) is 9.59 Å². The first-order valence-electron chi connectivity index (χ1n) is 6.74. The van der Waals surface area contributed by atoms with Crippen molar-refractivity contribution in [3.63, 3.8) is 0 Å². The Balaban J connectivity index is 2.25. The Kier molecular flexibility index (Phi) is 6.63. The van der Waals surface area contributed by atoms with Crippen LogP contribution in [0.1, 0.15) is 44.7 Å². The van der Waals surface area contributed by atoms with Crippen molar-refractivity contribution in [1.29, 1.82) is 0 Å². The molecule has 0 saturated heterocycles. The van der Waals surface area contributed by atoms with Crippen LogP contribution in [0.15, 0.2) is 10.9 Å². The van der Waals surface area contributed by atoms with Crippen LogP contribution in [0, 0.1) is 6.92 Å². The number of nitrogens with zero attached hydrogens (tertiary/aromatic N) is 1. The number of aromatic amines is 1. The summed E-state index contributed by atoms with van der Waals surface area (Å²) in [7, 11) is 0. The van der Waals surface area contributed by atoms with E-state index >= 15 is 0 Å². The second-order valence-electron chi connectivity index (χ2n) is 4.55. The van der Waals surface area contributed by atoms with E-state index in [4.69, 9.17) is 0 Å². The summed E-state index contributed by atoms with van der Waals surface area (Å²) < 4.78 is 0. The van der Waals surface area contributed by atoms with Gasteiger partial charge in [0.1, 0.15) is 0 Å². The van der Waals surface area contributed by atoms with Gasteiger partial charge < -0.3 is 10.3 Å². The summed E-state index contributed by atoms with van der Waals surface area (Å²) in [6.45, 7) is 4.53. The zero-order chi connectivity index (χ0) is 14.1. The fourth-order valence-electron chi connectivity index (χ4n) is 1.72. The summed E-state index contributed by atoms with van der Waals surface area (Å²) in [5, 5.41) is 5.24. The van der Waals surface area contributed by atoms with Crippen LogP contribution < -0.4 is 16.2 Å². The average molecular weight is 266 g/mol. The molecule has 1 rings (SSSR count). The van der Waals surface area contributed by atoms with Gasteiger partial charge in [0.05, 0.1) is 0 Å². The SMILES string of the molecule is CCCCCCCNC(=O)Nc1nc(=O)cc(C)[nH]1. The van der Waals surface area contributed by atoms with Gasteiger partial charge in [0.2, 0.25) is 5.95 Å². The number of aromatic nitrogens is 2. The summed E-state index contributed by atoms with van der Waals surface area (Å²) in [5.74, 6) is 0.175. The van der Waals surface area contributed by atoms with Gasteiger partial charge in [-0.3, -0.25) is 10.1 Å². The third kappa shape index (κ3) is 6.59. The lowest BCUT2D eigenvalue weighted by Gasteiger charge is -2.07. The maximum Gasteiger partial charge on any atom is 0.321 e. The summed E-state index contributed by atoms with van der Waals surface area (Å²) in [5.41, 5.74) is 0.293. The monoisotopic (exact) mass is 266 g/mol. The van der Waals surface area contributed by atoms with Gasteiger partial charge >= 0.3 is 6.03 Å². The van der Waals surface area contributed by atoms with E-state index in [1.165, 1.54) is 25.3 Å². The molecular weight excluding hydrogens is 244 g/mol. The Bertz CT molecular complexity index is 456. The van der Waals surface area contributed by atoms with Crippen molar-refractivity contribution >= 4 is 12.0 Å². The third-order valence-corrected chi connectivity index (χ3v) is 2.68. The molecule has 1 aromatic heterocycles. The first-order valence-corrected chi connectivity index (χ1v) is 6.74. The maximum atomic E-state index is 11.5. The van der Waals surface area contributed by atoms with Gasteiger partial charge in [0.15, 0.2) is 0 Å². The number of H-pyrrole nitrogens is 1. The predicted molar refractivity (Wildman–Crippen MR) is 75.4 cm³/mol. The molecule has 2 amide bonds. The predicted octanol–water partition coefficient (Wildman–Crippen LogP) is 2.17. The Morgan fingerprint density at radius 3 is 2.74 bits per heavy atom. The number of urea groups is 1. The minimum atomic E-state index is -0.369. The van der Waals surface area contributed by atoms with Crippen LogP contribution in [-0.2, 0) is 0 Å². The number of hydrogen-bond acceptors (Lipinski definition) is 3. The topological polar surface area (TPSA) is 86.9 Å². The van der Waals surface area contributed by atoms with E-state index in [1.807, 2.05) is 0 Å². The molecule has 0 unspecified atom stereocenters. The highest BCUT2D eigenvalue weighted by molar-refractivity contribution is 5.87. The summed E-state index contributed by atoms with van der Waals surface area (Å²) in [6, 6.07) is 1.03. The number of hydrogen-bond donors (Lipinski definition) is 3. The second kappa shape index (κ2) is 8.29. The zero-order valence-electron chi connectivity index (χ0n) is 11.6. The number of carbonyl (C=O) groups excluding carboxylic acids is 1. The maximum absolute atomic E-state index is 11.5. The minimum Gasteiger partial charge on any atom is -0.338 e. The van der Waals surface area contributed by atoms with Crippen LogP contribution in [0.2, 0.25) is 0 Å². The van der Waals surface area contributed by atoms with Crippen molar-refractivity contribution in [1.82, 2.24) is 15.3 Å². The van der Waals surface area contributed by atoms with Crippen LogP contribution in [-0.4, -0.2) is 22.5 Å². The van der Waals surface area contributed by atoms with Gasteiger partial charge in [-0.15, -0.1) is 0 Å². The second-order valence-corrected chi connectivity index (χ2v) is 4.55. The summed E-state index contributed by atoms with van der Waals surface area (Å²) in [4.78, 5) is 29.2. The highest BCUT2D eigenvalue weighted by atomic mass is 16.2. The number of unbranched alkanes of at least 4 members (excludes halogenated alkanes) is 4. The summed E-state index contributed by atoms with van der Waals surface area (Å²) >= 11 is 0. The van der Waals surface area contributed by atoms with Crippen molar-refractivity contribution < 1.29 is 4.79 Å². The van der Waals surface area contributed by atoms with Crippen LogP contribution in [0.3, 0.4) is 0 Å². The standard InChI is InChI=1S/C13H22N4O2/c1-3-4-5-6-7-8-14-13(19)17-12-15-10(2)9-11(18)16-12/h9H,3-8H2,1-2H3,(H3,14,15,16,17,18,19). The lowest BCUT2D eigenvalue weighted by molar-refractivity contribution is 0.251. The van der Waals surface area contributed by atoms with Crippen molar-refractivity contribution in [3.8, 4) is 0 Å². The number of amides is 2. The molecule has 0 aliphatic rings. The fourth-order valence-corrected chi connectivity index (χ4v) is 1.72. The Morgan fingerprint density at radius 1 is 1.32 bits per heavy atom. The molecule has 0 spiro atoms. The van der Waals surface area contributed by atoms with Crippen LogP contribution in [0.5, 0.6) is 0 Å². The molecule has 0 aromatic carbocycles. The molecule has 0 saturated carbocycles. The number of carbonyl (C=O) groups is 1. The molecule has 0 radical (unpaired) electrons. The van der Waals surface area contributed by atoms with Crippen LogP contribution >= 0.6 is 0 Å². The number of rotatable bonds is 7.